The van der Waals surface area contributed by atoms with E-state index in [9.17, 15) is 0 Å². The van der Waals surface area contributed by atoms with Gasteiger partial charge in [0, 0.05) is 0 Å². The second kappa shape index (κ2) is 8.18. The minimum absolute atomic E-state index is 0. The van der Waals surface area contributed by atoms with Crippen LogP contribution in [0, 0.1) is 0 Å². The molecule has 0 saturated heterocycles. The summed E-state index contributed by atoms with van der Waals surface area (Å²) in [7, 11) is -4.17. The van der Waals surface area contributed by atoms with E-state index in [0.717, 1.165) is 6.08 Å². The third-order valence-electron chi connectivity index (χ3n) is 0.167. The molecule has 0 saturated carbocycles. The van der Waals surface area contributed by atoms with Gasteiger partial charge in [0.05, 0.1) is 5.97 Å². The standard InChI is InChI=1S/C3H4O2.H3NO3S.Na/c1-2-3(4)5;1-5(2,3)4;/h2H,1H2,(H,4,5);(H3,1,2,3,4);/q;;+1/p-1. The summed E-state index contributed by atoms with van der Waals surface area (Å²) < 4.78 is 25.2. The number of carbonyl (C=O) groups is 1. The van der Waals surface area contributed by atoms with Gasteiger partial charge < -0.3 is 9.90 Å². The first kappa shape index (κ1) is 17.2. The molecule has 0 spiro atoms. The van der Waals surface area contributed by atoms with Crippen LogP contribution in [0.25, 0.3) is 0 Å². The first-order valence-electron chi connectivity index (χ1n) is 1.86. The molecule has 0 bridgehead atoms. The fraction of sp³-hybridized carbons (Fsp3) is 0. The van der Waals surface area contributed by atoms with Crippen LogP contribution in [-0.2, 0) is 15.1 Å². The van der Waals surface area contributed by atoms with Gasteiger partial charge in [-0.15, -0.1) is 0 Å². The van der Waals surface area contributed by atoms with E-state index in [0.29, 0.717) is 0 Å². The Balaban J connectivity index is -0.000000107. The van der Waals surface area contributed by atoms with Crippen molar-refractivity contribution in [1.29, 1.82) is 0 Å². The maximum absolute atomic E-state index is 9.14. The average Bonchev–Trinajstić information content (AvgIpc) is 1.61. The first-order chi connectivity index (χ1) is 4.27. The predicted octanol–water partition coefficient (Wildman–Crippen LogP) is -5.33. The number of carbonyl (C=O) groups excluding carboxylic acids is 1. The Morgan fingerprint density at radius 1 is 1.64 bits per heavy atom. The van der Waals surface area contributed by atoms with Crippen LogP contribution < -0.4 is 39.8 Å². The van der Waals surface area contributed by atoms with E-state index >= 15 is 0 Å². The van der Waals surface area contributed by atoms with Crippen molar-refractivity contribution in [2.24, 2.45) is 5.14 Å². The van der Waals surface area contributed by atoms with Gasteiger partial charge >= 0.3 is 39.9 Å². The Labute approximate surface area is 86.3 Å². The zero-order valence-electron chi connectivity index (χ0n) is 5.85. The van der Waals surface area contributed by atoms with Crippen LogP contribution in [0.3, 0.4) is 0 Å². The minimum atomic E-state index is -4.17. The largest absolute Gasteiger partial charge is 1.00 e. The van der Waals surface area contributed by atoms with Gasteiger partial charge in [-0.2, -0.15) is 8.42 Å². The van der Waals surface area contributed by atoms with Crippen molar-refractivity contribution < 1.29 is 52.4 Å². The van der Waals surface area contributed by atoms with E-state index in [1.807, 2.05) is 0 Å². The van der Waals surface area contributed by atoms with E-state index in [4.69, 9.17) is 22.9 Å². The summed E-state index contributed by atoms with van der Waals surface area (Å²) in [6.45, 7) is 2.90. The summed E-state index contributed by atoms with van der Waals surface area (Å²) in [6.07, 6.45) is 0.722. The molecule has 0 heterocycles. The van der Waals surface area contributed by atoms with Gasteiger partial charge in [-0.25, -0.2) is 5.14 Å². The number of hydrogen-bond acceptors (Lipinski definition) is 4. The molecule has 3 N–H and O–H groups in total. The van der Waals surface area contributed by atoms with Crippen LogP contribution in [0.5, 0.6) is 0 Å². The van der Waals surface area contributed by atoms with E-state index < -0.39 is 16.3 Å². The molecule has 0 fully saturated rings. The molecule has 8 heteroatoms. The summed E-state index contributed by atoms with van der Waals surface area (Å²) >= 11 is 0. The number of aliphatic carboxylic acids is 1. The van der Waals surface area contributed by atoms with Crippen molar-refractivity contribution in [3.63, 3.8) is 0 Å². The topological polar surface area (TPSA) is 121 Å². The van der Waals surface area contributed by atoms with Gasteiger partial charge in [-0.05, 0) is 6.08 Å². The quantitative estimate of drug-likeness (QED) is 0.243. The molecule has 0 amide bonds. The van der Waals surface area contributed by atoms with Gasteiger partial charge in [0.25, 0.3) is 0 Å². The zero-order chi connectivity index (χ0) is 8.78. The molecule has 0 atom stereocenters. The second-order valence-electron chi connectivity index (χ2n) is 1.04. The van der Waals surface area contributed by atoms with Gasteiger partial charge in [-0.1, -0.05) is 6.58 Å². The number of carboxylic acid groups (broad SMARTS) is 1. The van der Waals surface area contributed by atoms with Crippen LogP contribution in [0.4, 0.5) is 0 Å². The summed E-state index contributed by atoms with van der Waals surface area (Å²) in [5.74, 6) is -1.23. The van der Waals surface area contributed by atoms with Crippen molar-refractivity contribution in [2.75, 3.05) is 0 Å². The third kappa shape index (κ3) is 152. The van der Waals surface area contributed by atoms with Crippen LogP contribution in [0.2, 0.25) is 0 Å². The summed E-state index contributed by atoms with van der Waals surface area (Å²) in [4.78, 5) is 9.14. The molecule has 0 aromatic carbocycles. The molecular formula is C3H6NNaO5S. The van der Waals surface area contributed by atoms with Crippen LogP contribution in [-0.4, -0.2) is 18.9 Å². The summed E-state index contributed by atoms with van der Waals surface area (Å²) in [5.41, 5.74) is 0. The molecule has 0 aliphatic heterocycles. The molecule has 11 heavy (non-hydrogen) atoms. The maximum atomic E-state index is 9.14. The van der Waals surface area contributed by atoms with Crippen molar-refractivity contribution >= 4 is 16.3 Å². The Morgan fingerprint density at radius 3 is 1.73 bits per heavy atom. The second-order valence-corrected chi connectivity index (χ2v) is 2.07. The van der Waals surface area contributed by atoms with Crippen molar-refractivity contribution in [2.45, 2.75) is 0 Å². The Morgan fingerprint density at radius 2 is 1.73 bits per heavy atom. The molecule has 0 aliphatic carbocycles. The SMILES string of the molecule is C=CC(=O)[O-].NS(=O)(=O)O.[Na+]. The Hall–Kier alpha value is 0.0800. The van der Waals surface area contributed by atoms with Crippen LogP contribution in [0.15, 0.2) is 12.7 Å². The smallest absolute Gasteiger partial charge is 0.545 e. The number of carboxylic acids is 1. The molecule has 0 aromatic heterocycles. The van der Waals surface area contributed by atoms with E-state index in [1.54, 1.807) is 0 Å². The molecule has 0 aromatic rings. The fourth-order valence-corrected chi connectivity index (χ4v) is 0. The molecule has 6 nitrogen and oxygen atoms in total. The molecule has 0 unspecified atom stereocenters. The fourth-order valence-electron chi connectivity index (χ4n) is 0. The van der Waals surface area contributed by atoms with Gasteiger partial charge in [0.1, 0.15) is 0 Å². The Kier molecular flexibility index (Phi) is 12.8. The van der Waals surface area contributed by atoms with E-state index in [1.165, 1.54) is 0 Å². The summed E-state index contributed by atoms with van der Waals surface area (Å²) in [6, 6.07) is 0. The van der Waals surface area contributed by atoms with Crippen LogP contribution in [0.1, 0.15) is 0 Å². The van der Waals surface area contributed by atoms with Gasteiger partial charge in [0.15, 0.2) is 0 Å². The van der Waals surface area contributed by atoms with Crippen LogP contribution >= 0.6 is 0 Å². The van der Waals surface area contributed by atoms with Crippen molar-refractivity contribution in [3.8, 4) is 0 Å². The minimum Gasteiger partial charge on any atom is -0.545 e. The molecule has 0 aliphatic rings. The Bertz CT molecular complexity index is 202. The average molecular weight is 191 g/mol. The number of rotatable bonds is 1. The van der Waals surface area contributed by atoms with Crippen molar-refractivity contribution in [3.05, 3.63) is 12.7 Å². The normalized spacial score (nSPS) is 8.18. The predicted molar refractivity (Wildman–Crippen MR) is 30.9 cm³/mol. The maximum Gasteiger partial charge on any atom is 1.00 e. The first-order valence-corrected chi connectivity index (χ1v) is 3.36. The zero-order valence-corrected chi connectivity index (χ0v) is 8.67. The van der Waals surface area contributed by atoms with E-state index in [2.05, 4.69) is 11.7 Å². The summed E-state index contributed by atoms with van der Waals surface area (Å²) in [5, 5.41) is 13.0. The molecule has 60 valence electrons. The molecule has 0 radical (unpaired) electrons. The number of nitrogens with two attached hydrogens (primary N) is 1. The third-order valence-corrected chi connectivity index (χ3v) is 0.167. The van der Waals surface area contributed by atoms with Gasteiger partial charge in [0.2, 0.25) is 0 Å². The molecular weight excluding hydrogens is 185 g/mol. The van der Waals surface area contributed by atoms with Gasteiger partial charge in [-0.3, -0.25) is 4.55 Å². The number of hydrogen-bond donors (Lipinski definition) is 2. The molecule has 0 rings (SSSR count). The van der Waals surface area contributed by atoms with Crippen molar-refractivity contribution in [1.82, 2.24) is 0 Å². The monoisotopic (exact) mass is 191 g/mol. The van der Waals surface area contributed by atoms with E-state index in [-0.39, 0.29) is 29.6 Å².